The number of para-hydroxylation sites is 1. The van der Waals surface area contributed by atoms with Crippen molar-refractivity contribution < 1.29 is 9.47 Å². The van der Waals surface area contributed by atoms with E-state index < -0.39 is 0 Å². The topological polar surface area (TPSA) is 56.3 Å². The molecule has 0 saturated carbocycles. The number of ether oxygens (including phenoxy) is 2. The summed E-state index contributed by atoms with van der Waals surface area (Å²) in [5.41, 5.74) is 1.08. The summed E-state index contributed by atoms with van der Waals surface area (Å²) in [6, 6.07) is 5.98. The number of rotatable bonds is 4. The van der Waals surface area contributed by atoms with Crippen molar-refractivity contribution in [1.29, 1.82) is 0 Å². The van der Waals surface area contributed by atoms with Gasteiger partial charge in [-0.1, -0.05) is 19.1 Å². The van der Waals surface area contributed by atoms with E-state index in [1.165, 1.54) is 11.5 Å². The lowest BCUT2D eigenvalue weighted by Crippen LogP contribution is -2.03. The summed E-state index contributed by atoms with van der Waals surface area (Å²) in [5, 5.41) is 4.14. The van der Waals surface area contributed by atoms with Crippen LogP contribution >= 0.6 is 11.5 Å². The van der Waals surface area contributed by atoms with Crippen LogP contribution in [0.5, 0.6) is 11.5 Å². The summed E-state index contributed by atoms with van der Waals surface area (Å²) in [6.07, 6.45) is 1.77. The summed E-state index contributed by atoms with van der Waals surface area (Å²) in [5.74, 6) is 2.55. The first-order valence-corrected chi connectivity index (χ1v) is 7.58. The number of nitrogens with zero attached hydrogens (tertiary/aromatic N) is 2. The van der Waals surface area contributed by atoms with E-state index in [9.17, 15) is 0 Å². The Balaban J connectivity index is 1.74. The highest BCUT2D eigenvalue weighted by Crippen LogP contribution is 2.33. The highest BCUT2D eigenvalue weighted by atomic mass is 32.1. The summed E-state index contributed by atoms with van der Waals surface area (Å²) in [6.45, 7) is 4.11. The number of hydrogen-bond donors (Lipinski definition) is 1. The summed E-state index contributed by atoms with van der Waals surface area (Å²) >= 11 is 1.39. The van der Waals surface area contributed by atoms with Crippen molar-refractivity contribution in [2.24, 2.45) is 0 Å². The van der Waals surface area contributed by atoms with E-state index in [4.69, 9.17) is 9.47 Å². The molecule has 1 aliphatic rings. The normalized spacial score (nSPS) is 13.8. The van der Waals surface area contributed by atoms with Gasteiger partial charge < -0.3 is 14.8 Å². The molecule has 0 saturated heterocycles. The molecule has 0 amide bonds. The van der Waals surface area contributed by atoms with Crippen LogP contribution in [0.2, 0.25) is 0 Å². The van der Waals surface area contributed by atoms with Gasteiger partial charge in [-0.2, -0.15) is 4.37 Å². The van der Waals surface area contributed by atoms with Gasteiger partial charge in [-0.05, 0) is 6.07 Å². The summed E-state index contributed by atoms with van der Waals surface area (Å²) in [4.78, 5) is 4.40. The van der Waals surface area contributed by atoms with Gasteiger partial charge in [-0.15, -0.1) is 0 Å². The molecule has 1 aliphatic heterocycles. The molecule has 20 heavy (non-hydrogen) atoms. The fourth-order valence-corrected chi connectivity index (χ4v) is 2.68. The molecule has 0 unspecified atom stereocenters. The van der Waals surface area contributed by atoms with E-state index >= 15 is 0 Å². The molecule has 1 aromatic carbocycles. The molecule has 6 heteroatoms. The van der Waals surface area contributed by atoms with Crippen LogP contribution in [0.3, 0.4) is 0 Å². The first-order valence-electron chi connectivity index (χ1n) is 6.80. The Hall–Kier alpha value is -1.82. The lowest BCUT2D eigenvalue weighted by molar-refractivity contribution is 0.296. The molecular formula is C14H17N3O2S. The van der Waals surface area contributed by atoms with E-state index in [-0.39, 0.29) is 0 Å². The van der Waals surface area contributed by atoms with Crippen molar-refractivity contribution in [2.45, 2.75) is 26.3 Å². The fourth-order valence-electron chi connectivity index (χ4n) is 2.03. The van der Waals surface area contributed by atoms with Crippen LogP contribution < -0.4 is 14.8 Å². The highest BCUT2D eigenvalue weighted by Gasteiger charge is 2.14. The third-order valence-electron chi connectivity index (χ3n) is 3.07. The van der Waals surface area contributed by atoms with Crippen molar-refractivity contribution in [3.05, 3.63) is 29.6 Å². The predicted octanol–water partition coefficient (Wildman–Crippen LogP) is 2.87. The lowest BCUT2D eigenvalue weighted by Gasteiger charge is -2.12. The van der Waals surface area contributed by atoms with Crippen LogP contribution in [0.15, 0.2) is 18.2 Å². The van der Waals surface area contributed by atoms with Crippen LogP contribution in [-0.2, 0) is 13.0 Å². The standard InChI is InChI=1S/C14H17N3O2S/c1-2-12-16-14(20-17-12)15-9-10-5-3-6-11-13(10)19-8-4-7-18-11/h3,5-6H,2,4,7-9H2,1H3,(H,15,16,17). The smallest absolute Gasteiger partial charge is 0.202 e. The molecule has 0 bridgehead atoms. The minimum absolute atomic E-state index is 0.658. The molecule has 0 fully saturated rings. The SMILES string of the molecule is CCc1nsc(NCc2cccc3c2OCCCO3)n1. The first kappa shape index (κ1) is 13.2. The molecule has 1 aromatic heterocycles. The van der Waals surface area contributed by atoms with Gasteiger partial charge in [0, 0.05) is 36.5 Å². The Morgan fingerprint density at radius 2 is 2.20 bits per heavy atom. The van der Waals surface area contributed by atoms with Crippen LogP contribution in [0.4, 0.5) is 5.13 Å². The van der Waals surface area contributed by atoms with E-state index in [1.807, 2.05) is 25.1 Å². The third-order valence-corrected chi connectivity index (χ3v) is 3.78. The molecule has 0 atom stereocenters. The molecule has 0 aliphatic carbocycles. The fraction of sp³-hybridized carbons (Fsp3) is 0.429. The van der Waals surface area contributed by atoms with Crippen LogP contribution in [0.25, 0.3) is 0 Å². The Bertz CT molecular complexity index is 586. The average Bonchev–Trinajstić information content (AvgIpc) is 2.80. The number of nitrogens with one attached hydrogen (secondary N) is 1. The van der Waals surface area contributed by atoms with Crippen molar-refractivity contribution in [1.82, 2.24) is 9.36 Å². The first-order chi connectivity index (χ1) is 9.86. The van der Waals surface area contributed by atoms with E-state index in [0.717, 1.165) is 40.9 Å². The average molecular weight is 291 g/mol. The molecule has 3 rings (SSSR count). The molecule has 2 aromatic rings. The Morgan fingerprint density at radius 1 is 1.30 bits per heavy atom. The van der Waals surface area contributed by atoms with Gasteiger partial charge in [0.05, 0.1) is 13.2 Å². The predicted molar refractivity (Wildman–Crippen MR) is 78.7 cm³/mol. The number of aromatic nitrogens is 2. The van der Waals surface area contributed by atoms with E-state index in [1.54, 1.807) is 0 Å². The van der Waals surface area contributed by atoms with Crippen LogP contribution in [-0.4, -0.2) is 22.6 Å². The molecule has 0 radical (unpaired) electrons. The second-order valence-electron chi connectivity index (χ2n) is 4.52. The van der Waals surface area contributed by atoms with E-state index in [0.29, 0.717) is 19.8 Å². The number of anilines is 1. The van der Waals surface area contributed by atoms with Crippen molar-refractivity contribution in [3.8, 4) is 11.5 Å². The van der Waals surface area contributed by atoms with Crippen molar-refractivity contribution >= 4 is 16.7 Å². The second kappa shape index (κ2) is 6.09. The second-order valence-corrected chi connectivity index (χ2v) is 5.27. The van der Waals surface area contributed by atoms with Crippen molar-refractivity contribution in [2.75, 3.05) is 18.5 Å². The molecule has 2 heterocycles. The van der Waals surface area contributed by atoms with Gasteiger partial charge in [-0.25, -0.2) is 4.98 Å². The number of fused-ring (bicyclic) bond motifs is 1. The van der Waals surface area contributed by atoms with Gasteiger partial charge in [0.25, 0.3) is 0 Å². The van der Waals surface area contributed by atoms with Gasteiger partial charge in [0.2, 0.25) is 5.13 Å². The minimum atomic E-state index is 0.658. The summed E-state index contributed by atoms with van der Waals surface area (Å²) < 4.78 is 15.7. The van der Waals surface area contributed by atoms with Crippen LogP contribution in [0, 0.1) is 0 Å². The molecule has 106 valence electrons. The zero-order valence-corrected chi connectivity index (χ0v) is 12.2. The third kappa shape index (κ3) is 2.85. The summed E-state index contributed by atoms with van der Waals surface area (Å²) in [7, 11) is 0. The molecule has 1 N–H and O–H groups in total. The van der Waals surface area contributed by atoms with E-state index in [2.05, 4.69) is 14.7 Å². The van der Waals surface area contributed by atoms with Crippen molar-refractivity contribution in [3.63, 3.8) is 0 Å². The largest absolute Gasteiger partial charge is 0.490 e. The maximum atomic E-state index is 5.80. The quantitative estimate of drug-likeness (QED) is 0.938. The molecule has 0 spiro atoms. The van der Waals surface area contributed by atoms with Gasteiger partial charge >= 0.3 is 0 Å². The Labute approximate surface area is 122 Å². The zero-order valence-electron chi connectivity index (χ0n) is 11.4. The lowest BCUT2D eigenvalue weighted by atomic mass is 10.2. The number of aryl methyl sites for hydroxylation is 1. The maximum Gasteiger partial charge on any atom is 0.202 e. The molecule has 5 nitrogen and oxygen atoms in total. The monoisotopic (exact) mass is 291 g/mol. The Kier molecular flexibility index (Phi) is 4.01. The van der Waals surface area contributed by atoms with Crippen LogP contribution in [0.1, 0.15) is 24.7 Å². The highest BCUT2D eigenvalue weighted by molar-refractivity contribution is 7.09. The Morgan fingerprint density at radius 3 is 3.05 bits per heavy atom. The molecular weight excluding hydrogens is 274 g/mol. The van der Waals surface area contributed by atoms with Gasteiger partial charge in [-0.3, -0.25) is 0 Å². The minimum Gasteiger partial charge on any atom is -0.490 e. The number of hydrogen-bond acceptors (Lipinski definition) is 6. The van der Waals surface area contributed by atoms with Gasteiger partial charge in [0.1, 0.15) is 5.82 Å². The maximum absolute atomic E-state index is 5.80. The number of benzene rings is 1. The van der Waals surface area contributed by atoms with Gasteiger partial charge in [0.15, 0.2) is 11.5 Å². The zero-order chi connectivity index (χ0) is 13.8.